The van der Waals surface area contributed by atoms with Crippen LogP contribution in [0.2, 0.25) is 0 Å². The maximum atomic E-state index is 12.3. The van der Waals surface area contributed by atoms with E-state index >= 15 is 0 Å². The van der Waals surface area contributed by atoms with Crippen molar-refractivity contribution >= 4 is 11.6 Å². The number of rotatable bonds is 3. The number of aromatic nitrogens is 1. The summed E-state index contributed by atoms with van der Waals surface area (Å²) >= 11 is 0. The van der Waals surface area contributed by atoms with E-state index in [1.807, 2.05) is 13.1 Å². The summed E-state index contributed by atoms with van der Waals surface area (Å²) in [6, 6.07) is 1.82. The molecule has 2 rings (SSSR count). The summed E-state index contributed by atoms with van der Waals surface area (Å²) in [5, 5.41) is 6.19. The summed E-state index contributed by atoms with van der Waals surface area (Å²) in [6.45, 7) is 2.14. The maximum Gasteiger partial charge on any atom is 0.255 e. The van der Waals surface area contributed by atoms with E-state index in [9.17, 15) is 4.79 Å². The van der Waals surface area contributed by atoms with Gasteiger partial charge in [-0.15, -0.1) is 0 Å². The van der Waals surface area contributed by atoms with Gasteiger partial charge in [0.1, 0.15) is 0 Å². The van der Waals surface area contributed by atoms with Crippen molar-refractivity contribution in [3.8, 4) is 0 Å². The molecule has 0 radical (unpaired) electrons. The average Bonchev–Trinajstić information content (AvgIpc) is 2.39. The smallest absolute Gasteiger partial charge is 0.255 e. The van der Waals surface area contributed by atoms with E-state index in [1.165, 1.54) is 19.3 Å². The quantitative estimate of drug-likeness (QED) is 0.863. The van der Waals surface area contributed by atoms with Crippen molar-refractivity contribution in [3.05, 3.63) is 24.0 Å². The highest BCUT2D eigenvalue weighted by atomic mass is 16.1. The molecule has 1 fully saturated rings. The van der Waals surface area contributed by atoms with E-state index in [-0.39, 0.29) is 11.4 Å². The molecular formula is C14H21N3O. The Hall–Kier alpha value is -1.58. The molecule has 4 heteroatoms. The second-order valence-electron chi connectivity index (χ2n) is 5.25. The Morgan fingerprint density at radius 2 is 2.06 bits per heavy atom. The van der Waals surface area contributed by atoms with Crippen LogP contribution in [0.3, 0.4) is 0 Å². The molecule has 1 aromatic rings. The monoisotopic (exact) mass is 247 g/mol. The highest BCUT2D eigenvalue weighted by Gasteiger charge is 2.29. The Balaban J connectivity index is 2.11. The molecule has 4 nitrogen and oxygen atoms in total. The zero-order chi connectivity index (χ0) is 13.0. The zero-order valence-electron chi connectivity index (χ0n) is 11.1. The van der Waals surface area contributed by atoms with E-state index in [4.69, 9.17) is 0 Å². The van der Waals surface area contributed by atoms with Gasteiger partial charge in [-0.2, -0.15) is 0 Å². The molecule has 2 N–H and O–H groups in total. The standard InChI is InChI=1S/C14H21N3O/c1-14(7-4-3-5-8-14)17-13(18)11-10-16-9-6-12(11)15-2/h6,9-10H,3-5,7-8H2,1-2H3,(H,15,16)(H,17,18). The van der Waals surface area contributed by atoms with Gasteiger partial charge in [0.05, 0.1) is 5.56 Å². The highest BCUT2D eigenvalue weighted by molar-refractivity contribution is 5.99. The Bertz CT molecular complexity index is 425. The molecule has 0 spiro atoms. The fraction of sp³-hybridized carbons (Fsp3) is 0.571. The van der Waals surface area contributed by atoms with E-state index < -0.39 is 0 Å². The average molecular weight is 247 g/mol. The lowest BCUT2D eigenvalue weighted by molar-refractivity contribution is 0.0883. The first-order valence-corrected chi connectivity index (χ1v) is 6.59. The number of amides is 1. The van der Waals surface area contributed by atoms with Gasteiger partial charge in [-0.25, -0.2) is 0 Å². The molecular weight excluding hydrogens is 226 g/mol. The lowest BCUT2D eigenvalue weighted by Gasteiger charge is -2.34. The molecule has 1 heterocycles. The van der Waals surface area contributed by atoms with Gasteiger partial charge in [-0.1, -0.05) is 19.3 Å². The van der Waals surface area contributed by atoms with Crippen LogP contribution in [0.25, 0.3) is 0 Å². The fourth-order valence-corrected chi connectivity index (χ4v) is 2.59. The first-order chi connectivity index (χ1) is 8.64. The van der Waals surface area contributed by atoms with Crippen LogP contribution in [-0.4, -0.2) is 23.5 Å². The molecule has 0 saturated heterocycles. The van der Waals surface area contributed by atoms with Crippen molar-refractivity contribution < 1.29 is 4.79 Å². The van der Waals surface area contributed by atoms with Crippen LogP contribution in [0.15, 0.2) is 18.5 Å². The van der Waals surface area contributed by atoms with E-state index in [0.717, 1.165) is 18.5 Å². The number of nitrogens with one attached hydrogen (secondary N) is 2. The number of anilines is 1. The minimum Gasteiger partial charge on any atom is -0.387 e. The summed E-state index contributed by atoms with van der Waals surface area (Å²) < 4.78 is 0. The second kappa shape index (κ2) is 5.38. The predicted octanol–water partition coefficient (Wildman–Crippen LogP) is 2.58. The summed E-state index contributed by atoms with van der Waals surface area (Å²) in [5.74, 6) is -0.0307. The van der Waals surface area contributed by atoms with E-state index in [1.54, 1.807) is 12.4 Å². The Morgan fingerprint density at radius 3 is 2.72 bits per heavy atom. The Morgan fingerprint density at radius 1 is 1.33 bits per heavy atom. The molecule has 0 unspecified atom stereocenters. The van der Waals surface area contributed by atoms with Crippen LogP contribution < -0.4 is 10.6 Å². The molecule has 0 atom stereocenters. The molecule has 1 amide bonds. The summed E-state index contributed by atoms with van der Waals surface area (Å²) in [5.41, 5.74) is 1.38. The predicted molar refractivity (Wildman–Crippen MR) is 72.7 cm³/mol. The maximum absolute atomic E-state index is 12.3. The zero-order valence-corrected chi connectivity index (χ0v) is 11.1. The topological polar surface area (TPSA) is 54.0 Å². The molecule has 0 aromatic carbocycles. The molecule has 1 aliphatic rings. The number of hydrogen-bond acceptors (Lipinski definition) is 3. The van der Waals surface area contributed by atoms with Gasteiger partial charge < -0.3 is 10.6 Å². The molecule has 0 bridgehead atoms. The fourth-order valence-electron chi connectivity index (χ4n) is 2.59. The van der Waals surface area contributed by atoms with Crippen molar-refractivity contribution in [2.45, 2.75) is 44.6 Å². The largest absolute Gasteiger partial charge is 0.387 e. The normalized spacial score (nSPS) is 18.1. The summed E-state index contributed by atoms with van der Waals surface area (Å²) in [6.07, 6.45) is 9.10. The lowest BCUT2D eigenvalue weighted by atomic mass is 9.83. The van der Waals surface area contributed by atoms with Crippen LogP contribution in [0.1, 0.15) is 49.4 Å². The second-order valence-corrected chi connectivity index (χ2v) is 5.25. The first kappa shape index (κ1) is 12.9. The van der Waals surface area contributed by atoms with Gasteiger partial charge >= 0.3 is 0 Å². The summed E-state index contributed by atoms with van der Waals surface area (Å²) in [7, 11) is 1.81. The molecule has 18 heavy (non-hydrogen) atoms. The van der Waals surface area contributed by atoms with E-state index in [0.29, 0.717) is 5.56 Å². The van der Waals surface area contributed by atoms with Crippen molar-refractivity contribution in [3.63, 3.8) is 0 Å². The van der Waals surface area contributed by atoms with Crippen LogP contribution in [-0.2, 0) is 0 Å². The van der Waals surface area contributed by atoms with Crippen LogP contribution in [0, 0.1) is 0 Å². The number of carbonyl (C=O) groups excluding carboxylic acids is 1. The van der Waals surface area contributed by atoms with Gasteiger partial charge in [-0.3, -0.25) is 9.78 Å². The molecule has 1 aromatic heterocycles. The Kier molecular flexibility index (Phi) is 3.84. The van der Waals surface area contributed by atoms with Crippen LogP contribution in [0.4, 0.5) is 5.69 Å². The van der Waals surface area contributed by atoms with Gasteiger partial charge in [0.15, 0.2) is 0 Å². The van der Waals surface area contributed by atoms with Crippen molar-refractivity contribution in [2.24, 2.45) is 0 Å². The lowest BCUT2D eigenvalue weighted by Crippen LogP contribution is -2.47. The first-order valence-electron chi connectivity index (χ1n) is 6.59. The minimum atomic E-state index is -0.0593. The number of carbonyl (C=O) groups is 1. The highest BCUT2D eigenvalue weighted by Crippen LogP contribution is 2.28. The van der Waals surface area contributed by atoms with Crippen LogP contribution in [0.5, 0.6) is 0 Å². The summed E-state index contributed by atoms with van der Waals surface area (Å²) in [4.78, 5) is 16.3. The van der Waals surface area contributed by atoms with Gasteiger partial charge in [0.25, 0.3) is 5.91 Å². The van der Waals surface area contributed by atoms with Crippen molar-refractivity contribution in [2.75, 3.05) is 12.4 Å². The third-order valence-corrected chi connectivity index (χ3v) is 3.71. The third kappa shape index (κ3) is 2.81. The Labute approximate surface area is 108 Å². The van der Waals surface area contributed by atoms with Gasteiger partial charge in [0, 0.05) is 30.7 Å². The third-order valence-electron chi connectivity index (χ3n) is 3.71. The number of nitrogens with zero attached hydrogens (tertiary/aromatic N) is 1. The number of hydrogen-bond donors (Lipinski definition) is 2. The van der Waals surface area contributed by atoms with Gasteiger partial charge in [0.2, 0.25) is 0 Å². The van der Waals surface area contributed by atoms with Crippen molar-refractivity contribution in [1.29, 1.82) is 0 Å². The van der Waals surface area contributed by atoms with Crippen LogP contribution >= 0.6 is 0 Å². The van der Waals surface area contributed by atoms with Gasteiger partial charge in [-0.05, 0) is 25.8 Å². The molecule has 0 aliphatic heterocycles. The molecule has 1 saturated carbocycles. The molecule has 98 valence electrons. The minimum absolute atomic E-state index is 0.0307. The van der Waals surface area contributed by atoms with Crippen molar-refractivity contribution in [1.82, 2.24) is 10.3 Å². The molecule has 1 aliphatic carbocycles. The number of pyridine rings is 1. The van der Waals surface area contributed by atoms with E-state index in [2.05, 4.69) is 22.5 Å². The SMILES string of the molecule is CNc1ccncc1C(=O)NC1(C)CCCCC1.